The van der Waals surface area contributed by atoms with Crippen LogP contribution in [0.2, 0.25) is 0 Å². The van der Waals surface area contributed by atoms with E-state index >= 15 is 0 Å². The first-order valence-electron chi connectivity index (χ1n) is 5.74. The fourth-order valence-corrected chi connectivity index (χ4v) is 3.03. The first kappa shape index (κ1) is 14.0. The van der Waals surface area contributed by atoms with Crippen LogP contribution >= 0.6 is 23.7 Å². The third-order valence-electron chi connectivity index (χ3n) is 3.34. The van der Waals surface area contributed by atoms with Crippen LogP contribution in [-0.2, 0) is 6.54 Å². The minimum atomic E-state index is 0. The predicted molar refractivity (Wildman–Crippen MR) is 73.2 cm³/mol. The second-order valence-electron chi connectivity index (χ2n) is 4.62. The molecule has 1 aliphatic heterocycles. The zero-order valence-electron chi connectivity index (χ0n) is 9.76. The van der Waals surface area contributed by atoms with Gasteiger partial charge in [-0.25, -0.2) is 0 Å². The summed E-state index contributed by atoms with van der Waals surface area (Å²) in [5.41, 5.74) is 7.28. The van der Waals surface area contributed by atoms with Crippen LogP contribution in [0.3, 0.4) is 0 Å². The molecule has 0 saturated carbocycles. The van der Waals surface area contributed by atoms with Gasteiger partial charge in [0.05, 0.1) is 0 Å². The monoisotopic (exact) mass is 260 g/mol. The van der Waals surface area contributed by atoms with E-state index in [1.807, 2.05) is 0 Å². The van der Waals surface area contributed by atoms with Crippen LogP contribution < -0.4 is 5.73 Å². The third-order valence-corrected chi connectivity index (χ3v) is 4.07. The Labute approximate surface area is 108 Å². The number of halogens is 1. The molecule has 1 aromatic heterocycles. The van der Waals surface area contributed by atoms with Crippen LogP contribution in [0.15, 0.2) is 16.8 Å². The van der Waals surface area contributed by atoms with E-state index in [2.05, 4.69) is 28.7 Å². The van der Waals surface area contributed by atoms with Gasteiger partial charge < -0.3 is 5.73 Å². The van der Waals surface area contributed by atoms with Crippen molar-refractivity contribution in [1.82, 2.24) is 4.90 Å². The molecule has 1 fully saturated rings. The third kappa shape index (κ3) is 3.45. The van der Waals surface area contributed by atoms with Crippen molar-refractivity contribution in [2.24, 2.45) is 11.7 Å². The molecular formula is C12H21ClN2S. The molecule has 2 atom stereocenters. The number of rotatable bonds is 3. The Morgan fingerprint density at radius 1 is 1.56 bits per heavy atom. The van der Waals surface area contributed by atoms with Gasteiger partial charge in [0.1, 0.15) is 0 Å². The number of thiophene rings is 1. The summed E-state index contributed by atoms with van der Waals surface area (Å²) in [6.07, 6.45) is 2.58. The van der Waals surface area contributed by atoms with E-state index in [1.165, 1.54) is 24.9 Å². The van der Waals surface area contributed by atoms with Crippen LogP contribution in [0.25, 0.3) is 0 Å². The molecule has 0 spiro atoms. The van der Waals surface area contributed by atoms with E-state index in [0.29, 0.717) is 6.04 Å². The van der Waals surface area contributed by atoms with Gasteiger partial charge in [-0.15, -0.1) is 12.4 Å². The highest BCUT2D eigenvalue weighted by molar-refractivity contribution is 7.07. The van der Waals surface area contributed by atoms with E-state index in [9.17, 15) is 0 Å². The number of likely N-dealkylation sites (tertiary alicyclic amines) is 1. The van der Waals surface area contributed by atoms with E-state index in [0.717, 1.165) is 19.0 Å². The molecule has 4 heteroatoms. The van der Waals surface area contributed by atoms with Crippen LogP contribution in [0, 0.1) is 5.92 Å². The van der Waals surface area contributed by atoms with Crippen molar-refractivity contribution < 1.29 is 0 Å². The number of nitrogens with two attached hydrogens (primary N) is 1. The standard InChI is InChI=1S/C12H20N2S.ClH/c1-10-2-4-14(12(6-10)7-13)8-11-3-5-15-9-11;/h3,5,9-10,12H,2,4,6-8,13H2,1H3;1H. The second kappa shape index (κ2) is 6.60. The topological polar surface area (TPSA) is 29.3 Å². The number of piperidine rings is 1. The lowest BCUT2D eigenvalue weighted by atomic mass is 9.92. The molecule has 2 unspecified atom stereocenters. The molecule has 2 N–H and O–H groups in total. The van der Waals surface area contributed by atoms with Crippen molar-refractivity contribution in [2.75, 3.05) is 13.1 Å². The summed E-state index contributed by atoms with van der Waals surface area (Å²) < 4.78 is 0. The molecule has 0 aliphatic carbocycles. The fourth-order valence-electron chi connectivity index (χ4n) is 2.37. The van der Waals surface area contributed by atoms with Gasteiger partial charge in [-0.2, -0.15) is 11.3 Å². The van der Waals surface area contributed by atoms with Crippen molar-refractivity contribution >= 4 is 23.7 Å². The highest BCUT2D eigenvalue weighted by atomic mass is 35.5. The molecule has 0 radical (unpaired) electrons. The summed E-state index contributed by atoms with van der Waals surface area (Å²) >= 11 is 1.78. The van der Waals surface area contributed by atoms with E-state index in [4.69, 9.17) is 5.73 Å². The number of hydrogen-bond acceptors (Lipinski definition) is 3. The molecule has 1 aromatic rings. The summed E-state index contributed by atoms with van der Waals surface area (Å²) in [6.45, 7) is 5.43. The molecule has 16 heavy (non-hydrogen) atoms. The van der Waals surface area contributed by atoms with Crippen molar-refractivity contribution in [3.8, 4) is 0 Å². The lowest BCUT2D eigenvalue weighted by Crippen LogP contribution is -2.45. The van der Waals surface area contributed by atoms with Crippen molar-refractivity contribution in [3.05, 3.63) is 22.4 Å². The molecule has 1 saturated heterocycles. The minimum Gasteiger partial charge on any atom is -0.329 e. The molecule has 2 nitrogen and oxygen atoms in total. The number of nitrogens with zero attached hydrogens (tertiary/aromatic N) is 1. The largest absolute Gasteiger partial charge is 0.329 e. The highest BCUT2D eigenvalue weighted by Gasteiger charge is 2.24. The molecule has 2 rings (SSSR count). The highest BCUT2D eigenvalue weighted by Crippen LogP contribution is 2.23. The van der Waals surface area contributed by atoms with Gasteiger partial charge in [0.25, 0.3) is 0 Å². The molecule has 92 valence electrons. The van der Waals surface area contributed by atoms with Gasteiger partial charge in [0, 0.05) is 19.1 Å². The van der Waals surface area contributed by atoms with Crippen LogP contribution in [-0.4, -0.2) is 24.0 Å². The number of hydrogen-bond donors (Lipinski definition) is 1. The summed E-state index contributed by atoms with van der Waals surface area (Å²) in [5, 5.41) is 4.39. The normalized spacial score (nSPS) is 26.4. The molecular weight excluding hydrogens is 240 g/mol. The summed E-state index contributed by atoms with van der Waals surface area (Å²) in [4.78, 5) is 2.54. The Morgan fingerprint density at radius 3 is 3.00 bits per heavy atom. The van der Waals surface area contributed by atoms with E-state index < -0.39 is 0 Å². The molecule has 0 amide bonds. The maximum Gasteiger partial charge on any atom is 0.0245 e. The van der Waals surface area contributed by atoms with Crippen LogP contribution in [0.5, 0.6) is 0 Å². The molecule has 1 aliphatic rings. The molecule has 0 aromatic carbocycles. The molecule has 0 bridgehead atoms. The van der Waals surface area contributed by atoms with Gasteiger partial charge in [-0.1, -0.05) is 6.92 Å². The fraction of sp³-hybridized carbons (Fsp3) is 0.667. The quantitative estimate of drug-likeness (QED) is 0.906. The van der Waals surface area contributed by atoms with Gasteiger partial charge in [0.15, 0.2) is 0 Å². The zero-order chi connectivity index (χ0) is 10.7. The Hall–Kier alpha value is -0.0900. The van der Waals surface area contributed by atoms with Gasteiger partial charge >= 0.3 is 0 Å². The van der Waals surface area contributed by atoms with Crippen molar-refractivity contribution in [1.29, 1.82) is 0 Å². The predicted octanol–water partition coefficient (Wildman–Crippen LogP) is 2.73. The van der Waals surface area contributed by atoms with E-state index in [1.54, 1.807) is 11.3 Å². The van der Waals surface area contributed by atoms with Gasteiger partial charge in [0.2, 0.25) is 0 Å². The van der Waals surface area contributed by atoms with Crippen LogP contribution in [0.1, 0.15) is 25.3 Å². The summed E-state index contributed by atoms with van der Waals surface area (Å²) in [5.74, 6) is 0.845. The maximum atomic E-state index is 5.85. The Bertz CT molecular complexity index is 289. The lowest BCUT2D eigenvalue weighted by molar-refractivity contribution is 0.115. The summed E-state index contributed by atoms with van der Waals surface area (Å²) in [7, 11) is 0. The Morgan fingerprint density at radius 2 is 2.38 bits per heavy atom. The zero-order valence-corrected chi connectivity index (χ0v) is 11.4. The first-order chi connectivity index (χ1) is 7.29. The first-order valence-corrected chi connectivity index (χ1v) is 6.69. The average Bonchev–Trinajstić information content (AvgIpc) is 2.73. The van der Waals surface area contributed by atoms with E-state index in [-0.39, 0.29) is 12.4 Å². The molecule has 2 heterocycles. The smallest absolute Gasteiger partial charge is 0.0245 e. The van der Waals surface area contributed by atoms with Crippen molar-refractivity contribution in [2.45, 2.75) is 32.4 Å². The maximum absolute atomic E-state index is 5.85. The van der Waals surface area contributed by atoms with Gasteiger partial charge in [-0.3, -0.25) is 4.90 Å². The van der Waals surface area contributed by atoms with Crippen LogP contribution in [0.4, 0.5) is 0 Å². The lowest BCUT2D eigenvalue weighted by Gasteiger charge is -2.37. The SMILES string of the molecule is CC1CCN(Cc2ccsc2)C(CN)C1.Cl. The second-order valence-corrected chi connectivity index (χ2v) is 5.40. The minimum absolute atomic E-state index is 0. The Kier molecular flexibility index (Phi) is 5.76. The van der Waals surface area contributed by atoms with Gasteiger partial charge in [-0.05, 0) is 47.7 Å². The summed E-state index contributed by atoms with van der Waals surface area (Å²) in [6, 6.07) is 2.81. The average molecular weight is 261 g/mol. The Balaban J connectivity index is 0.00000128. The van der Waals surface area contributed by atoms with Crippen molar-refractivity contribution in [3.63, 3.8) is 0 Å².